The fraction of sp³-hybridized carbons (Fsp3) is 0.900. The maximum absolute atomic E-state index is 14.1. The molecule has 0 N–H and O–H groups in total. The predicted octanol–water partition coefficient (Wildman–Crippen LogP) is 2.08. The molecule has 3 aliphatic carbocycles. The number of alkyl halides is 1. The molecule has 3 heteroatoms. The highest BCUT2D eigenvalue weighted by Gasteiger charge is 2.51. The molecule has 3 rings (SSSR count). The molecule has 0 saturated heterocycles. The SMILES string of the molecule is COC(=O)[C@H]1CC2CCC1(F)CC2. The number of carbonyl (C=O) groups excluding carboxylic acids is 1. The zero-order valence-electron chi connectivity index (χ0n) is 7.88. The van der Waals surface area contributed by atoms with Gasteiger partial charge in [-0.15, -0.1) is 0 Å². The van der Waals surface area contributed by atoms with E-state index in [-0.39, 0.29) is 5.97 Å². The Labute approximate surface area is 77.5 Å². The highest BCUT2D eigenvalue weighted by Crippen LogP contribution is 2.50. The number of rotatable bonds is 1. The van der Waals surface area contributed by atoms with Crippen LogP contribution in [0.2, 0.25) is 0 Å². The lowest BCUT2D eigenvalue weighted by Crippen LogP contribution is -2.48. The van der Waals surface area contributed by atoms with E-state index < -0.39 is 11.6 Å². The lowest BCUT2D eigenvalue weighted by molar-refractivity contribution is -0.159. The van der Waals surface area contributed by atoms with Crippen molar-refractivity contribution in [1.29, 1.82) is 0 Å². The zero-order valence-corrected chi connectivity index (χ0v) is 7.88. The summed E-state index contributed by atoms with van der Waals surface area (Å²) in [6.07, 6.45) is 3.70. The van der Waals surface area contributed by atoms with Crippen molar-refractivity contribution in [3.63, 3.8) is 0 Å². The predicted molar refractivity (Wildman–Crippen MR) is 45.9 cm³/mol. The number of esters is 1. The molecule has 2 nitrogen and oxygen atoms in total. The van der Waals surface area contributed by atoms with E-state index in [9.17, 15) is 9.18 Å². The highest BCUT2D eigenvalue weighted by molar-refractivity contribution is 5.74. The second-order valence-electron chi connectivity index (χ2n) is 4.29. The van der Waals surface area contributed by atoms with Crippen molar-refractivity contribution in [2.75, 3.05) is 7.11 Å². The summed E-state index contributed by atoms with van der Waals surface area (Å²) in [6, 6.07) is 0. The summed E-state index contributed by atoms with van der Waals surface area (Å²) in [6.45, 7) is 0. The molecule has 0 heterocycles. The van der Waals surface area contributed by atoms with Gasteiger partial charge in [0.2, 0.25) is 0 Å². The average molecular weight is 186 g/mol. The topological polar surface area (TPSA) is 26.3 Å². The van der Waals surface area contributed by atoms with E-state index in [1.54, 1.807) is 0 Å². The third-order valence-electron chi connectivity index (χ3n) is 3.62. The molecular weight excluding hydrogens is 171 g/mol. The monoisotopic (exact) mass is 186 g/mol. The van der Waals surface area contributed by atoms with Crippen LogP contribution >= 0.6 is 0 Å². The van der Waals surface area contributed by atoms with Crippen LogP contribution in [0, 0.1) is 11.8 Å². The Balaban J connectivity index is 2.16. The van der Waals surface area contributed by atoms with Gasteiger partial charge in [0.25, 0.3) is 0 Å². The molecule has 13 heavy (non-hydrogen) atoms. The summed E-state index contributed by atoms with van der Waals surface area (Å²) in [5, 5.41) is 0. The molecule has 0 spiro atoms. The van der Waals surface area contributed by atoms with Gasteiger partial charge in [0.15, 0.2) is 0 Å². The first-order valence-electron chi connectivity index (χ1n) is 4.92. The van der Waals surface area contributed by atoms with E-state index in [1.807, 2.05) is 0 Å². The maximum Gasteiger partial charge on any atom is 0.311 e. The Hall–Kier alpha value is -0.600. The van der Waals surface area contributed by atoms with Crippen LogP contribution in [0.1, 0.15) is 32.1 Å². The van der Waals surface area contributed by atoms with Crippen molar-refractivity contribution in [2.24, 2.45) is 11.8 Å². The van der Waals surface area contributed by atoms with Gasteiger partial charge in [-0.25, -0.2) is 4.39 Å². The fourth-order valence-corrected chi connectivity index (χ4v) is 2.74. The molecule has 2 bridgehead atoms. The Morgan fingerprint density at radius 3 is 2.54 bits per heavy atom. The van der Waals surface area contributed by atoms with Crippen LogP contribution in [0.3, 0.4) is 0 Å². The Bertz CT molecular complexity index is 219. The van der Waals surface area contributed by atoms with Gasteiger partial charge in [-0.05, 0) is 38.0 Å². The van der Waals surface area contributed by atoms with Crippen LogP contribution in [0.5, 0.6) is 0 Å². The molecule has 3 aliphatic rings. The number of carbonyl (C=O) groups is 1. The first-order valence-corrected chi connectivity index (χ1v) is 4.92. The molecule has 0 aromatic rings. The van der Waals surface area contributed by atoms with Gasteiger partial charge >= 0.3 is 5.97 Å². The van der Waals surface area contributed by atoms with Crippen LogP contribution in [-0.2, 0) is 9.53 Å². The summed E-state index contributed by atoms with van der Waals surface area (Å²) in [7, 11) is 1.34. The minimum absolute atomic E-state index is 0.355. The quantitative estimate of drug-likeness (QED) is 0.586. The van der Waals surface area contributed by atoms with E-state index >= 15 is 0 Å². The van der Waals surface area contributed by atoms with E-state index in [0.717, 1.165) is 12.8 Å². The third kappa shape index (κ3) is 1.34. The second-order valence-corrected chi connectivity index (χ2v) is 4.29. The van der Waals surface area contributed by atoms with Crippen molar-refractivity contribution >= 4 is 5.97 Å². The smallest absolute Gasteiger partial charge is 0.311 e. The van der Waals surface area contributed by atoms with Gasteiger partial charge in [0.1, 0.15) is 5.67 Å². The number of fused-ring (bicyclic) bond motifs is 3. The number of hydrogen-bond acceptors (Lipinski definition) is 2. The first kappa shape index (κ1) is 8.97. The molecule has 0 aliphatic heterocycles. The lowest BCUT2D eigenvalue weighted by Gasteiger charge is -2.45. The minimum Gasteiger partial charge on any atom is -0.469 e. The van der Waals surface area contributed by atoms with Crippen molar-refractivity contribution in [3.05, 3.63) is 0 Å². The van der Waals surface area contributed by atoms with Crippen molar-refractivity contribution in [3.8, 4) is 0 Å². The number of methoxy groups -OCH3 is 1. The largest absolute Gasteiger partial charge is 0.469 e. The number of halogens is 1. The zero-order chi connectivity index (χ0) is 9.47. The molecule has 0 unspecified atom stereocenters. The molecular formula is C10H15FO2. The molecule has 3 fully saturated rings. The number of ether oxygens (including phenoxy) is 1. The van der Waals surface area contributed by atoms with Gasteiger partial charge < -0.3 is 4.74 Å². The number of hydrogen-bond donors (Lipinski definition) is 0. The summed E-state index contributed by atoms with van der Waals surface area (Å²) in [5.41, 5.74) is -1.25. The van der Waals surface area contributed by atoms with E-state index in [4.69, 9.17) is 0 Å². The fourth-order valence-electron chi connectivity index (χ4n) is 2.74. The first-order chi connectivity index (χ1) is 6.15. The Morgan fingerprint density at radius 2 is 2.08 bits per heavy atom. The van der Waals surface area contributed by atoms with E-state index in [2.05, 4.69) is 4.74 Å². The molecule has 74 valence electrons. The van der Waals surface area contributed by atoms with Gasteiger partial charge in [-0.1, -0.05) is 0 Å². The average Bonchev–Trinajstić information content (AvgIpc) is 2.17. The molecule has 1 atom stereocenters. The maximum atomic E-state index is 14.1. The lowest BCUT2D eigenvalue weighted by atomic mass is 9.63. The van der Waals surface area contributed by atoms with Crippen molar-refractivity contribution < 1.29 is 13.9 Å². The standard InChI is InChI=1S/C10H15FO2/c1-13-9(12)8-6-7-2-4-10(8,11)5-3-7/h7-8H,2-6H2,1H3/t7?,8-,10?/m1/s1. The third-order valence-corrected chi connectivity index (χ3v) is 3.62. The minimum atomic E-state index is -1.25. The van der Waals surface area contributed by atoms with Crippen LogP contribution in [-0.4, -0.2) is 18.7 Å². The van der Waals surface area contributed by atoms with Crippen LogP contribution in [0.25, 0.3) is 0 Å². The van der Waals surface area contributed by atoms with Gasteiger partial charge in [0.05, 0.1) is 13.0 Å². The van der Waals surface area contributed by atoms with E-state index in [1.165, 1.54) is 7.11 Å². The molecule has 0 radical (unpaired) electrons. The summed E-state index contributed by atoms with van der Waals surface area (Å²) in [5.74, 6) is -0.279. The molecule has 0 aromatic carbocycles. The molecule has 3 saturated carbocycles. The Morgan fingerprint density at radius 1 is 1.46 bits per heavy atom. The summed E-state index contributed by atoms with van der Waals surface area (Å²) >= 11 is 0. The summed E-state index contributed by atoms with van der Waals surface area (Å²) < 4.78 is 18.8. The highest BCUT2D eigenvalue weighted by atomic mass is 19.1. The van der Waals surface area contributed by atoms with Gasteiger partial charge in [-0.2, -0.15) is 0 Å². The van der Waals surface area contributed by atoms with Gasteiger partial charge in [0, 0.05) is 0 Å². The Kier molecular flexibility index (Phi) is 2.05. The van der Waals surface area contributed by atoms with Gasteiger partial charge in [-0.3, -0.25) is 4.79 Å². The summed E-state index contributed by atoms with van der Waals surface area (Å²) in [4.78, 5) is 11.3. The van der Waals surface area contributed by atoms with Crippen LogP contribution < -0.4 is 0 Å². The molecule has 0 amide bonds. The van der Waals surface area contributed by atoms with Crippen LogP contribution in [0.4, 0.5) is 4.39 Å². The van der Waals surface area contributed by atoms with Crippen molar-refractivity contribution in [2.45, 2.75) is 37.8 Å². The van der Waals surface area contributed by atoms with Crippen LogP contribution in [0.15, 0.2) is 0 Å². The normalized spacial score (nSPS) is 43.2. The second kappa shape index (κ2) is 2.96. The van der Waals surface area contributed by atoms with Crippen molar-refractivity contribution in [1.82, 2.24) is 0 Å². The van der Waals surface area contributed by atoms with E-state index in [0.29, 0.717) is 25.2 Å². The molecule has 0 aromatic heterocycles.